The van der Waals surface area contributed by atoms with Gasteiger partial charge in [0.15, 0.2) is 11.5 Å². The summed E-state index contributed by atoms with van der Waals surface area (Å²) < 4.78 is 16.1. The third-order valence-corrected chi connectivity index (χ3v) is 4.02. The molecule has 1 heterocycles. The van der Waals surface area contributed by atoms with Crippen molar-refractivity contribution in [1.29, 1.82) is 0 Å². The van der Waals surface area contributed by atoms with Crippen LogP contribution in [-0.2, 0) is 0 Å². The van der Waals surface area contributed by atoms with Crippen LogP contribution in [0.25, 0.3) is 10.9 Å². The van der Waals surface area contributed by atoms with Crippen molar-refractivity contribution in [2.75, 3.05) is 26.8 Å². The van der Waals surface area contributed by atoms with Crippen LogP contribution in [-0.4, -0.2) is 32.0 Å². The van der Waals surface area contributed by atoms with E-state index in [1.54, 1.807) is 21.3 Å². The molecule has 1 aromatic heterocycles. The van der Waals surface area contributed by atoms with E-state index >= 15 is 0 Å². The second-order valence-electron chi connectivity index (χ2n) is 5.61. The van der Waals surface area contributed by atoms with Crippen LogP contribution >= 0.6 is 0 Å². The molecule has 2 aromatic carbocycles. The number of nitrogens with zero attached hydrogens (tertiary/aromatic N) is 2. The molecule has 3 rings (SSSR count). The number of para-hydroxylation sites is 1. The van der Waals surface area contributed by atoms with E-state index in [0.29, 0.717) is 23.1 Å². The fourth-order valence-electron chi connectivity index (χ4n) is 2.62. The van der Waals surface area contributed by atoms with Crippen molar-refractivity contribution in [3.8, 4) is 17.2 Å². The van der Waals surface area contributed by atoms with E-state index in [1.165, 1.54) is 0 Å². The quantitative estimate of drug-likeness (QED) is 0.535. The van der Waals surface area contributed by atoms with Crippen LogP contribution < -0.4 is 19.6 Å². The summed E-state index contributed by atoms with van der Waals surface area (Å²) in [4.78, 5) is 4.55. The minimum absolute atomic E-state index is 0.552. The van der Waals surface area contributed by atoms with Crippen LogP contribution in [0.15, 0.2) is 53.6 Å². The van der Waals surface area contributed by atoms with Crippen LogP contribution in [0.5, 0.6) is 17.2 Å². The number of benzene rings is 2. The van der Waals surface area contributed by atoms with Gasteiger partial charge in [0.1, 0.15) is 5.82 Å². The normalized spacial score (nSPS) is 11.3. The zero-order valence-corrected chi connectivity index (χ0v) is 15.2. The van der Waals surface area contributed by atoms with Crippen LogP contribution in [0.1, 0.15) is 12.5 Å². The lowest BCUT2D eigenvalue weighted by atomic mass is 10.1. The van der Waals surface area contributed by atoms with Gasteiger partial charge in [-0.2, -0.15) is 5.10 Å². The minimum atomic E-state index is 0.552. The maximum absolute atomic E-state index is 5.39. The molecule has 26 heavy (non-hydrogen) atoms. The van der Waals surface area contributed by atoms with Gasteiger partial charge in [0.2, 0.25) is 5.75 Å². The Bertz CT molecular complexity index is 929. The largest absolute Gasteiger partial charge is 0.493 e. The first-order valence-corrected chi connectivity index (χ1v) is 8.12. The molecule has 0 amide bonds. The van der Waals surface area contributed by atoms with E-state index in [0.717, 1.165) is 22.2 Å². The maximum Gasteiger partial charge on any atom is 0.203 e. The molecule has 0 bridgehead atoms. The lowest BCUT2D eigenvalue weighted by molar-refractivity contribution is 0.324. The van der Waals surface area contributed by atoms with Crippen LogP contribution in [0.3, 0.4) is 0 Å². The number of rotatable bonds is 6. The average molecular weight is 351 g/mol. The third kappa shape index (κ3) is 3.54. The molecule has 0 unspecified atom stereocenters. The van der Waals surface area contributed by atoms with Crippen LogP contribution in [0.2, 0.25) is 0 Å². The number of methoxy groups -OCH3 is 3. The van der Waals surface area contributed by atoms with Crippen LogP contribution in [0.4, 0.5) is 5.82 Å². The summed E-state index contributed by atoms with van der Waals surface area (Å²) in [5, 5.41) is 5.52. The highest BCUT2D eigenvalue weighted by Crippen LogP contribution is 2.38. The van der Waals surface area contributed by atoms with E-state index in [1.807, 2.05) is 55.5 Å². The van der Waals surface area contributed by atoms with Gasteiger partial charge in [0, 0.05) is 10.9 Å². The molecule has 0 saturated carbocycles. The van der Waals surface area contributed by atoms with Gasteiger partial charge in [0.05, 0.1) is 32.6 Å². The first kappa shape index (κ1) is 17.5. The highest BCUT2D eigenvalue weighted by Gasteiger charge is 2.14. The number of hydrazone groups is 1. The van der Waals surface area contributed by atoms with E-state index in [4.69, 9.17) is 14.2 Å². The standard InChI is InChI=1S/C20H21N3O3/c1-13(15-11-17(24-2)20(26-4)18(12-15)25-3)22-23-19-10-9-14-7-5-6-8-16(14)21-19/h5-12H,1-4H3,(H,21,23)/b22-13-. The molecule has 6 heteroatoms. The van der Waals surface area contributed by atoms with Crippen molar-refractivity contribution < 1.29 is 14.2 Å². The zero-order valence-electron chi connectivity index (χ0n) is 15.2. The number of hydrogen-bond donors (Lipinski definition) is 1. The van der Waals surface area contributed by atoms with Crippen molar-refractivity contribution >= 4 is 22.4 Å². The molecule has 134 valence electrons. The number of pyridine rings is 1. The van der Waals surface area contributed by atoms with Gasteiger partial charge in [-0.1, -0.05) is 18.2 Å². The minimum Gasteiger partial charge on any atom is -0.493 e. The van der Waals surface area contributed by atoms with Crippen molar-refractivity contribution in [2.45, 2.75) is 6.92 Å². The summed E-state index contributed by atoms with van der Waals surface area (Å²) in [6, 6.07) is 15.6. The number of anilines is 1. The van der Waals surface area contributed by atoms with Crippen molar-refractivity contribution in [2.24, 2.45) is 5.10 Å². The van der Waals surface area contributed by atoms with E-state index in [-0.39, 0.29) is 0 Å². The Labute approximate surface area is 152 Å². The molecule has 0 atom stereocenters. The van der Waals surface area contributed by atoms with Crippen LogP contribution in [0, 0.1) is 0 Å². The second kappa shape index (κ2) is 7.74. The van der Waals surface area contributed by atoms with Gasteiger partial charge in [-0.25, -0.2) is 4.98 Å². The third-order valence-electron chi connectivity index (χ3n) is 4.02. The van der Waals surface area contributed by atoms with Gasteiger partial charge in [-0.3, -0.25) is 5.43 Å². The highest BCUT2D eigenvalue weighted by atomic mass is 16.5. The first-order valence-electron chi connectivity index (χ1n) is 8.12. The lowest BCUT2D eigenvalue weighted by Gasteiger charge is -2.14. The smallest absolute Gasteiger partial charge is 0.203 e. The van der Waals surface area contributed by atoms with Gasteiger partial charge < -0.3 is 14.2 Å². The highest BCUT2D eigenvalue weighted by molar-refractivity contribution is 6.00. The molecule has 0 aliphatic rings. The zero-order chi connectivity index (χ0) is 18.5. The van der Waals surface area contributed by atoms with E-state index in [9.17, 15) is 0 Å². The van der Waals surface area contributed by atoms with Gasteiger partial charge in [-0.15, -0.1) is 0 Å². The molecular weight excluding hydrogens is 330 g/mol. The van der Waals surface area contributed by atoms with E-state index in [2.05, 4.69) is 15.5 Å². The molecule has 0 saturated heterocycles. The molecular formula is C20H21N3O3. The molecule has 0 aliphatic heterocycles. The van der Waals surface area contributed by atoms with Crippen molar-refractivity contribution in [3.63, 3.8) is 0 Å². The van der Waals surface area contributed by atoms with Crippen molar-refractivity contribution in [1.82, 2.24) is 4.98 Å². The number of aromatic nitrogens is 1. The number of hydrogen-bond acceptors (Lipinski definition) is 6. The Morgan fingerprint density at radius 1 is 0.923 bits per heavy atom. The van der Waals surface area contributed by atoms with E-state index < -0.39 is 0 Å². The predicted molar refractivity (Wildman–Crippen MR) is 104 cm³/mol. The fourth-order valence-corrected chi connectivity index (χ4v) is 2.62. The van der Waals surface area contributed by atoms with Gasteiger partial charge >= 0.3 is 0 Å². The number of fused-ring (bicyclic) bond motifs is 1. The SMILES string of the molecule is COc1cc(/C(C)=N\Nc2ccc3ccccc3n2)cc(OC)c1OC. The molecule has 3 aromatic rings. The predicted octanol–water partition coefficient (Wildman–Crippen LogP) is 4.10. The molecule has 0 fully saturated rings. The van der Waals surface area contributed by atoms with Crippen molar-refractivity contribution in [3.05, 3.63) is 54.1 Å². The Balaban J connectivity index is 1.88. The maximum atomic E-state index is 5.39. The fraction of sp³-hybridized carbons (Fsp3) is 0.200. The van der Waals surface area contributed by atoms with Gasteiger partial charge in [0.25, 0.3) is 0 Å². The first-order chi connectivity index (χ1) is 12.7. The van der Waals surface area contributed by atoms with Gasteiger partial charge in [-0.05, 0) is 37.3 Å². The Morgan fingerprint density at radius 2 is 1.62 bits per heavy atom. The summed E-state index contributed by atoms with van der Waals surface area (Å²) in [6.45, 7) is 1.90. The summed E-state index contributed by atoms with van der Waals surface area (Å²) in [6.07, 6.45) is 0. The summed E-state index contributed by atoms with van der Waals surface area (Å²) in [5.41, 5.74) is 5.54. The number of nitrogens with one attached hydrogen (secondary N) is 1. The topological polar surface area (TPSA) is 65.0 Å². The summed E-state index contributed by atoms with van der Waals surface area (Å²) in [5.74, 6) is 2.40. The Kier molecular flexibility index (Phi) is 5.22. The monoisotopic (exact) mass is 351 g/mol. The Hall–Kier alpha value is -3.28. The number of ether oxygens (including phenoxy) is 3. The molecule has 0 radical (unpaired) electrons. The molecule has 0 spiro atoms. The average Bonchev–Trinajstić information content (AvgIpc) is 2.70. The molecule has 1 N–H and O–H groups in total. The lowest BCUT2D eigenvalue weighted by Crippen LogP contribution is -2.03. The molecule has 6 nitrogen and oxygen atoms in total. The summed E-state index contributed by atoms with van der Waals surface area (Å²) in [7, 11) is 4.75. The Morgan fingerprint density at radius 3 is 2.27 bits per heavy atom. The summed E-state index contributed by atoms with van der Waals surface area (Å²) >= 11 is 0. The second-order valence-corrected chi connectivity index (χ2v) is 5.61. The molecule has 0 aliphatic carbocycles.